The van der Waals surface area contributed by atoms with E-state index in [0.717, 1.165) is 40.9 Å². The summed E-state index contributed by atoms with van der Waals surface area (Å²) >= 11 is 0. The minimum Gasteiger partial charge on any atom is -0.487 e. The van der Waals surface area contributed by atoms with Gasteiger partial charge < -0.3 is 25.3 Å². The molecule has 0 spiro atoms. The molecule has 2 aliphatic rings. The zero-order valence-corrected chi connectivity index (χ0v) is 15.7. The Morgan fingerprint density at radius 3 is 2.89 bits per heavy atom. The molecule has 5 atom stereocenters. The molecule has 3 aromatic rings. The number of aryl methyl sites for hydroxylation is 2. The first-order chi connectivity index (χ1) is 13.5. The van der Waals surface area contributed by atoms with Crippen molar-refractivity contribution in [1.82, 2.24) is 14.5 Å². The van der Waals surface area contributed by atoms with Gasteiger partial charge >= 0.3 is 0 Å². The molecule has 0 bridgehead atoms. The summed E-state index contributed by atoms with van der Waals surface area (Å²) in [6.45, 7) is 1.93. The number of nitrogens with zero attached hydrogens (tertiary/aromatic N) is 3. The van der Waals surface area contributed by atoms with Crippen LogP contribution in [0.5, 0.6) is 5.75 Å². The fourth-order valence-corrected chi connectivity index (χ4v) is 4.67. The largest absolute Gasteiger partial charge is 0.487 e. The molecule has 2 aliphatic carbocycles. The molecule has 0 radical (unpaired) electrons. The minimum atomic E-state index is -0.987. The van der Waals surface area contributed by atoms with Gasteiger partial charge in [0.2, 0.25) is 0 Å². The molecule has 1 saturated carbocycles. The van der Waals surface area contributed by atoms with Crippen LogP contribution in [-0.2, 0) is 6.42 Å². The third kappa shape index (κ3) is 2.62. The predicted molar refractivity (Wildman–Crippen MR) is 104 cm³/mol. The summed E-state index contributed by atoms with van der Waals surface area (Å²) in [6.07, 6.45) is 3.30. The Morgan fingerprint density at radius 1 is 1.18 bits per heavy atom. The number of rotatable bonds is 3. The minimum absolute atomic E-state index is 0.0430. The van der Waals surface area contributed by atoms with E-state index in [2.05, 4.69) is 16.0 Å². The zero-order chi connectivity index (χ0) is 19.4. The highest BCUT2D eigenvalue weighted by Gasteiger charge is 2.44. The molecule has 0 saturated heterocycles. The molecule has 1 aromatic carbocycles. The second-order valence-corrected chi connectivity index (χ2v) is 7.83. The molecule has 0 unspecified atom stereocenters. The summed E-state index contributed by atoms with van der Waals surface area (Å²) in [4.78, 5) is 8.59. The quantitative estimate of drug-likeness (QED) is 0.640. The highest BCUT2D eigenvalue weighted by Crippen LogP contribution is 2.40. The summed E-state index contributed by atoms with van der Waals surface area (Å²) in [5.41, 5.74) is 10.1. The third-order valence-corrected chi connectivity index (χ3v) is 6.19. The van der Waals surface area contributed by atoms with Gasteiger partial charge in [-0.25, -0.2) is 9.97 Å². The van der Waals surface area contributed by atoms with Crippen LogP contribution >= 0.6 is 0 Å². The van der Waals surface area contributed by atoms with Crippen LogP contribution in [0.3, 0.4) is 0 Å². The van der Waals surface area contributed by atoms with Gasteiger partial charge in [-0.3, -0.25) is 0 Å². The van der Waals surface area contributed by atoms with Crippen LogP contribution < -0.4 is 10.5 Å². The van der Waals surface area contributed by atoms with E-state index in [1.165, 1.54) is 11.9 Å². The van der Waals surface area contributed by atoms with E-state index in [4.69, 9.17) is 10.5 Å². The lowest BCUT2D eigenvalue weighted by atomic mass is 10.1. The van der Waals surface area contributed by atoms with Crippen LogP contribution in [0, 0.1) is 6.92 Å². The number of hydrogen-bond acceptors (Lipinski definition) is 6. The summed E-state index contributed by atoms with van der Waals surface area (Å²) in [5.74, 6) is 0.718. The average molecular weight is 380 g/mol. The molecular formula is C21H24N4O3. The van der Waals surface area contributed by atoms with E-state index in [-0.39, 0.29) is 12.1 Å². The van der Waals surface area contributed by atoms with Crippen molar-refractivity contribution in [2.75, 3.05) is 0 Å². The van der Waals surface area contributed by atoms with Crippen LogP contribution in [0.2, 0.25) is 0 Å². The standard InChI is InChI=1S/C21H24N4O3/c1-11-13-7-8-25(21(13)24-10-23-11)15-9-17(20(27)19(15)26)28-16-4-2-3-12-5-6-14(22)18(12)16/h2-4,7-8,10,14-15,17,19-20,26-27H,5-6,9,22H2,1H3/t14-,15+,17-,19-,20+/m0/s1. The van der Waals surface area contributed by atoms with Crippen molar-refractivity contribution < 1.29 is 14.9 Å². The van der Waals surface area contributed by atoms with Gasteiger partial charge in [-0.05, 0) is 37.5 Å². The lowest BCUT2D eigenvalue weighted by Crippen LogP contribution is -2.34. The van der Waals surface area contributed by atoms with E-state index in [1.54, 1.807) is 0 Å². The first kappa shape index (κ1) is 17.6. The van der Waals surface area contributed by atoms with E-state index in [1.807, 2.05) is 35.9 Å². The van der Waals surface area contributed by atoms with Gasteiger partial charge in [0, 0.05) is 29.6 Å². The molecule has 146 valence electrons. The second-order valence-electron chi connectivity index (χ2n) is 7.83. The van der Waals surface area contributed by atoms with E-state index in [9.17, 15) is 10.2 Å². The summed E-state index contributed by atoms with van der Waals surface area (Å²) in [5, 5.41) is 22.4. The summed E-state index contributed by atoms with van der Waals surface area (Å²) in [6, 6.07) is 7.52. The van der Waals surface area contributed by atoms with Crippen molar-refractivity contribution >= 4 is 11.0 Å². The fourth-order valence-electron chi connectivity index (χ4n) is 4.67. The number of aromatic nitrogens is 3. The van der Waals surface area contributed by atoms with E-state index >= 15 is 0 Å². The van der Waals surface area contributed by atoms with Gasteiger partial charge in [-0.2, -0.15) is 0 Å². The fraction of sp³-hybridized carbons (Fsp3) is 0.429. The molecule has 7 heteroatoms. The Hall–Kier alpha value is -2.48. The van der Waals surface area contributed by atoms with E-state index < -0.39 is 18.3 Å². The maximum absolute atomic E-state index is 10.7. The van der Waals surface area contributed by atoms with Crippen molar-refractivity contribution in [3.8, 4) is 5.75 Å². The van der Waals surface area contributed by atoms with Gasteiger partial charge in [0.1, 0.15) is 36.0 Å². The molecule has 7 nitrogen and oxygen atoms in total. The van der Waals surface area contributed by atoms with Crippen LogP contribution in [0.1, 0.15) is 41.7 Å². The number of benzene rings is 1. The normalized spacial score (nSPS) is 29.4. The van der Waals surface area contributed by atoms with Crippen molar-refractivity contribution in [2.24, 2.45) is 5.73 Å². The van der Waals surface area contributed by atoms with E-state index in [0.29, 0.717) is 6.42 Å². The maximum atomic E-state index is 10.7. The average Bonchev–Trinajstić information content (AvgIpc) is 3.36. The number of aliphatic hydroxyl groups excluding tert-OH is 2. The molecule has 2 heterocycles. The molecular weight excluding hydrogens is 356 g/mol. The number of hydrogen-bond donors (Lipinski definition) is 3. The van der Waals surface area contributed by atoms with Gasteiger partial charge in [0.25, 0.3) is 0 Å². The topological polar surface area (TPSA) is 106 Å². The Bertz CT molecular complexity index is 1030. The summed E-state index contributed by atoms with van der Waals surface area (Å²) < 4.78 is 8.12. The number of nitrogens with two attached hydrogens (primary N) is 1. The number of fused-ring (bicyclic) bond motifs is 2. The van der Waals surface area contributed by atoms with Crippen LogP contribution in [0.15, 0.2) is 36.8 Å². The second kappa shape index (κ2) is 6.55. The van der Waals surface area contributed by atoms with Gasteiger partial charge in [-0.1, -0.05) is 12.1 Å². The monoisotopic (exact) mass is 380 g/mol. The first-order valence-electron chi connectivity index (χ1n) is 9.73. The molecule has 0 aliphatic heterocycles. The summed E-state index contributed by atoms with van der Waals surface area (Å²) in [7, 11) is 0. The Balaban J connectivity index is 1.45. The molecule has 5 rings (SSSR count). The highest BCUT2D eigenvalue weighted by molar-refractivity contribution is 5.78. The maximum Gasteiger partial charge on any atom is 0.143 e. The third-order valence-electron chi connectivity index (χ3n) is 6.19. The lowest BCUT2D eigenvalue weighted by Gasteiger charge is -2.21. The molecule has 2 aromatic heterocycles. The molecule has 1 fully saturated rings. The molecule has 4 N–H and O–H groups in total. The molecule has 0 amide bonds. The number of aliphatic hydroxyl groups is 2. The molecule has 28 heavy (non-hydrogen) atoms. The zero-order valence-electron chi connectivity index (χ0n) is 15.7. The van der Waals surface area contributed by atoms with Crippen LogP contribution in [0.25, 0.3) is 11.0 Å². The van der Waals surface area contributed by atoms with Crippen LogP contribution in [0.4, 0.5) is 0 Å². The van der Waals surface area contributed by atoms with Crippen molar-refractivity contribution in [1.29, 1.82) is 0 Å². The Labute approximate surface area is 162 Å². The van der Waals surface area contributed by atoms with Gasteiger partial charge in [0.05, 0.1) is 11.7 Å². The van der Waals surface area contributed by atoms with Gasteiger partial charge in [0.15, 0.2) is 0 Å². The van der Waals surface area contributed by atoms with Crippen molar-refractivity contribution in [3.05, 3.63) is 53.6 Å². The van der Waals surface area contributed by atoms with Crippen LogP contribution in [-0.4, -0.2) is 43.1 Å². The van der Waals surface area contributed by atoms with Gasteiger partial charge in [-0.15, -0.1) is 0 Å². The SMILES string of the molecule is Cc1ncnc2c1ccn2[C@@H]1C[C@H](Oc2cccc3c2[C@@H](N)CC3)[C@@H](O)[C@H]1O. The van der Waals surface area contributed by atoms with Crippen molar-refractivity contribution in [2.45, 2.75) is 56.6 Å². The lowest BCUT2D eigenvalue weighted by molar-refractivity contribution is -0.0166. The Kier molecular flexibility index (Phi) is 4.12. The predicted octanol–water partition coefficient (Wildman–Crippen LogP) is 1.80. The van der Waals surface area contributed by atoms with Crippen molar-refractivity contribution in [3.63, 3.8) is 0 Å². The highest BCUT2D eigenvalue weighted by atomic mass is 16.5. The smallest absolute Gasteiger partial charge is 0.143 e. The Morgan fingerprint density at radius 2 is 2.04 bits per heavy atom. The number of ether oxygens (including phenoxy) is 1. The first-order valence-corrected chi connectivity index (χ1v) is 9.73.